The summed E-state index contributed by atoms with van der Waals surface area (Å²) in [7, 11) is 0. The first-order valence-corrected chi connectivity index (χ1v) is 8.11. The average molecular weight is 325 g/mol. The number of ether oxygens (including phenoxy) is 1. The molecular weight excluding hydrogens is 301 g/mol. The van der Waals surface area contributed by atoms with Gasteiger partial charge in [0.05, 0.1) is 12.9 Å². The van der Waals surface area contributed by atoms with Crippen molar-refractivity contribution < 1.29 is 9.13 Å². The highest BCUT2D eigenvalue weighted by Crippen LogP contribution is 2.17. The van der Waals surface area contributed by atoms with Crippen molar-refractivity contribution in [1.82, 2.24) is 4.90 Å². The van der Waals surface area contributed by atoms with Crippen LogP contribution < -0.4 is 0 Å². The molecule has 24 heavy (non-hydrogen) atoms. The van der Waals surface area contributed by atoms with Crippen LogP contribution in [0.5, 0.6) is 0 Å². The minimum absolute atomic E-state index is 0.223. The highest BCUT2D eigenvalue weighted by molar-refractivity contribution is 5.63. The quantitative estimate of drug-likeness (QED) is 0.455. The fourth-order valence-corrected chi connectivity index (χ4v) is 2.50. The maximum atomic E-state index is 13.0. The van der Waals surface area contributed by atoms with E-state index in [0.29, 0.717) is 6.61 Å². The molecule has 0 aliphatic carbocycles. The number of halogens is 1. The van der Waals surface area contributed by atoms with Crippen molar-refractivity contribution in [3.05, 3.63) is 91.0 Å². The van der Waals surface area contributed by atoms with Crippen LogP contribution in [0.4, 0.5) is 4.39 Å². The van der Waals surface area contributed by atoms with Gasteiger partial charge in [-0.25, -0.2) is 4.39 Å². The Bertz CT molecular complexity index is 637. The molecule has 2 aromatic rings. The average Bonchev–Trinajstić information content (AvgIpc) is 2.61. The smallest absolute Gasteiger partial charge is 0.123 e. The van der Waals surface area contributed by atoms with Gasteiger partial charge in [0.15, 0.2) is 0 Å². The van der Waals surface area contributed by atoms with Gasteiger partial charge in [-0.05, 0) is 35.3 Å². The summed E-state index contributed by atoms with van der Waals surface area (Å²) in [6.07, 6.45) is 2.30. The first kappa shape index (κ1) is 18.0. The van der Waals surface area contributed by atoms with Gasteiger partial charge in [0, 0.05) is 19.6 Å². The largest absolute Gasteiger partial charge is 0.500 e. The first-order valence-electron chi connectivity index (χ1n) is 8.11. The first-order chi connectivity index (χ1) is 11.7. The summed E-state index contributed by atoms with van der Waals surface area (Å²) in [6, 6.07) is 16.9. The van der Waals surface area contributed by atoms with Crippen LogP contribution >= 0.6 is 0 Å². The van der Waals surface area contributed by atoms with Gasteiger partial charge in [0.2, 0.25) is 0 Å². The van der Waals surface area contributed by atoms with Crippen LogP contribution in [0.2, 0.25) is 0 Å². The van der Waals surface area contributed by atoms with Gasteiger partial charge in [0.1, 0.15) is 5.82 Å². The number of hydrogen-bond donors (Lipinski definition) is 0. The number of hydrogen-bond acceptors (Lipinski definition) is 2. The van der Waals surface area contributed by atoms with Crippen molar-refractivity contribution in [3.63, 3.8) is 0 Å². The lowest BCUT2D eigenvalue weighted by Gasteiger charge is -2.22. The Morgan fingerprint density at radius 2 is 1.75 bits per heavy atom. The van der Waals surface area contributed by atoms with E-state index in [9.17, 15) is 4.39 Å². The summed E-state index contributed by atoms with van der Waals surface area (Å²) in [5.41, 5.74) is 3.26. The van der Waals surface area contributed by atoms with E-state index in [2.05, 4.69) is 30.2 Å². The molecule has 0 bridgehead atoms. The molecule has 0 saturated carbocycles. The third-order valence-corrected chi connectivity index (χ3v) is 3.87. The molecule has 0 radical (unpaired) electrons. The molecule has 0 aromatic heterocycles. The fraction of sp³-hybridized carbons (Fsp3) is 0.238. The monoisotopic (exact) mass is 325 g/mol. The molecule has 0 aliphatic rings. The van der Waals surface area contributed by atoms with Gasteiger partial charge >= 0.3 is 0 Å². The summed E-state index contributed by atoms with van der Waals surface area (Å²) in [6.45, 7) is 10.9. The maximum absolute atomic E-state index is 13.0. The van der Waals surface area contributed by atoms with Crippen molar-refractivity contribution in [2.45, 2.75) is 13.0 Å². The fourth-order valence-electron chi connectivity index (χ4n) is 2.50. The summed E-state index contributed by atoms with van der Waals surface area (Å²) >= 11 is 0. The SMILES string of the molecule is C=COCCN(CCC(=C)c1ccc(F)cc1)Cc1ccccc1. The van der Waals surface area contributed by atoms with E-state index in [0.717, 1.165) is 37.2 Å². The normalized spacial score (nSPS) is 10.6. The molecule has 0 aliphatic heterocycles. The molecule has 0 heterocycles. The Kier molecular flexibility index (Phi) is 7.24. The number of nitrogens with zero attached hydrogens (tertiary/aromatic N) is 1. The lowest BCUT2D eigenvalue weighted by molar-refractivity contribution is 0.175. The second-order valence-corrected chi connectivity index (χ2v) is 5.66. The van der Waals surface area contributed by atoms with Gasteiger partial charge in [-0.15, -0.1) is 0 Å². The molecule has 0 N–H and O–H groups in total. The summed E-state index contributed by atoms with van der Waals surface area (Å²) in [5, 5.41) is 0. The predicted molar refractivity (Wildman–Crippen MR) is 97.9 cm³/mol. The van der Waals surface area contributed by atoms with Crippen molar-refractivity contribution in [2.75, 3.05) is 19.7 Å². The van der Waals surface area contributed by atoms with E-state index in [1.807, 2.05) is 18.2 Å². The second kappa shape index (κ2) is 9.68. The van der Waals surface area contributed by atoms with Crippen LogP contribution in [0.25, 0.3) is 5.57 Å². The van der Waals surface area contributed by atoms with Gasteiger partial charge in [0.25, 0.3) is 0 Å². The Labute approximate surface area is 143 Å². The third kappa shape index (κ3) is 6.01. The standard InChI is InChI=1S/C21H24FNO/c1-3-24-16-15-23(17-19-7-5-4-6-8-19)14-13-18(2)20-9-11-21(22)12-10-20/h3-12H,1-2,13-17H2. The van der Waals surface area contributed by atoms with Crippen molar-refractivity contribution in [1.29, 1.82) is 0 Å². The van der Waals surface area contributed by atoms with Crippen LogP contribution in [0.1, 0.15) is 17.5 Å². The van der Waals surface area contributed by atoms with E-state index in [-0.39, 0.29) is 5.82 Å². The minimum atomic E-state index is -0.223. The minimum Gasteiger partial charge on any atom is -0.500 e. The van der Waals surface area contributed by atoms with Crippen LogP contribution in [-0.2, 0) is 11.3 Å². The van der Waals surface area contributed by atoms with Gasteiger partial charge in [-0.1, -0.05) is 55.6 Å². The third-order valence-electron chi connectivity index (χ3n) is 3.87. The molecular formula is C21H24FNO. The molecule has 3 heteroatoms. The zero-order valence-electron chi connectivity index (χ0n) is 14.0. The maximum Gasteiger partial charge on any atom is 0.123 e. The van der Waals surface area contributed by atoms with E-state index in [1.54, 1.807) is 12.1 Å². The van der Waals surface area contributed by atoms with E-state index in [1.165, 1.54) is 24.0 Å². The molecule has 0 fully saturated rings. The molecule has 0 atom stereocenters. The summed E-state index contributed by atoms with van der Waals surface area (Å²) in [5.74, 6) is -0.223. The summed E-state index contributed by atoms with van der Waals surface area (Å²) in [4.78, 5) is 2.33. The van der Waals surface area contributed by atoms with Gasteiger partial charge < -0.3 is 4.74 Å². The number of rotatable bonds is 10. The Morgan fingerprint density at radius 3 is 2.42 bits per heavy atom. The zero-order valence-corrected chi connectivity index (χ0v) is 14.0. The van der Waals surface area contributed by atoms with Crippen LogP contribution in [-0.4, -0.2) is 24.6 Å². The zero-order chi connectivity index (χ0) is 17.2. The molecule has 2 rings (SSSR count). The molecule has 0 spiro atoms. The van der Waals surface area contributed by atoms with Gasteiger partial charge in [-0.2, -0.15) is 0 Å². The van der Waals surface area contributed by atoms with Crippen LogP contribution in [0.3, 0.4) is 0 Å². The predicted octanol–water partition coefficient (Wildman–Crippen LogP) is 4.89. The van der Waals surface area contributed by atoms with Crippen LogP contribution in [0.15, 0.2) is 74.0 Å². The molecule has 126 valence electrons. The second-order valence-electron chi connectivity index (χ2n) is 5.66. The molecule has 0 saturated heterocycles. The lowest BCUT2D eigenvalue weighted by atomic mass is 10.0. The van der Waals surface area contributed by atoms with E-state index < -0.39 is 0 Å². The molecule has 0 amide bonds. The van der Waals surface area contributed by atoms with E-state index in [4.69, 9.17) is 4.74 Å². The van der Waals surface area contributed by atoms with Crippen molar-refractivity contribution in [3.8, 4) is 0 Å². The van der Waals surface area contributed by atoms with Crippen molar-refractivity contribution in [2.24, 2.45) is 0 Å². The molecule has 2 nitrogen and oxygen atoms in total. The van der Waals surface area contributed by atoms with Crippen LogP contribution in [0, 0.1) is 5.82 Å². The van der Waals surface area contributed by atoms with Gasteiger partial charge in [-0.3, -0.25) is 4.90 Å². The number of benzene rings is 2. The highest BCUT2D eigenvalue weighted by Gasteiger charge is 2.08. The summed E-state index contributed by atoms with van der Waals surface area (Å²) < 4.78 is 18.3. The topological polar surface area (TPSA) is 12.5 Å². The Morgan fingerprint density at radius 1 is 1.04 bits per heavy atom. The highest BCUT2D eigenvalue weighted by atomic mass is 19.1. The molecule has 2 aromatic carbocycles. The Balaban J connectivity index is 1.92. The molecule has 0 unspecified atom stereocenters. The van der Waals surface area contributed by atoms with E-state index >= 15 is 0 Å². The Hall–Kier alpha value is -2.39. The lowest BCUT2D eigenvalue weighted by Crippen LogP contribution is -2.28. The van der Waals surface area contributed by atoms with Crippen molar-refractivity contribution >= 4 is 5.57 Å².